The quantitative estimate of drug-likeness (QED) is 0.419. The van der Waals surface area contributed by atoms with Gasteiger partial charge in [0.25, 0.3) is 5.91 Å². The van der Waals surface area contributed by atoms with E-state index < -0.39 is 18.5 Å². The second-order valence-corrected chi connectivity index (χ2v) is 8.62. The van der Waals surface area contributed by atoms with Crippen LogP contribution in [0.3, 0.4) is 0 Å². The summed E-state index contributed by atoms with van der Waals surface area (Å²) < 4.78 is 5.21. The Kier molecular flexibility index (Phi) is 6.66. The number of esters is 1. The summed E-state index contributed by atoms with van der Waals surface area (Å²) in [6.07, 6.45) is 2.40. The molecule has 1 saturated heterocycles. The third-order valence-corrected chi connectivity index (χ3v) is 6.29. The predicted octanol–water partition coefficient (Wildman–Crippen LogP) is 4.68. The van der Waals surface area contributed by atoms with Gasteiger partial charge in [0.15, 0.2) is 6.61 Å². The normalized spacial score (nSPS) is 13.1. The molecule has 164 valence electrons. The van der Waals surface area contributed by atoms with Crippen LogP contribution in [-0.2, 0) is 9.53 Å². The summed E-state index contributed by atoms with van der Waals surface area (Å²) in [4.78, 5) is 40.5. The highest BCUT2D eigenvalue weighted by Gasteiger charge is 2.20. The monoisotopic (exact) mass is 448 g/mol. The highest BCUT2D eigenvalue weighted by molar-refractivity contribution is 7.12. The molecular weight excluding hydrogens is 424 g/mol. The van der Waals surface area contributed by atoms with E-state index in [4.69, 9.17) is 4.74 Å². The van der Waals surface area contributed by atoms with Gasteiger partial charge in [-0.05, 0) is 61.0 Å². The van der Waals surface area contributed by atoms with Gasteiger partial charge in [-0.1, -0.05) is 24.3 Å². The Hall–Kier alpha value is -3.45. The molecule has 1 fully saturated rings. The van der Waals surface area contributed by atoms with Crippen molar-refractivity contribution in [1.82, 2.24) is 0 Å². The van der Waals surface area contributed by atoms with Crippen LogP contribution < -0.4 is 10.2 Å². The van der Waals surface area contributed by atoms with Crippen molar-refractivity contribution in [2.24, 2.45) is 0 Å². The Morgan fingerprint density at radius 3 is 2.44 bits per heavy atom. The molecule has 0 aliphatic carbocycles. The van der Waals surface area contributed by atoms with Gasteiger partial charge in [-0.3, -0.25) is 9.59 Å². The number of nitrogens with one attached hydrogen (secondary N) is 1. The molecule has 0 atom stereocenters. The van der Waals surface area contributed by atoms with Crippen molar-refractivity contribution in [2.75, 3.05) is 29.9 Å². The molecule has 0 radical (unpaired) electrons. The van der Waals surface area contributed by atoms with E-state index in [-0.39, 0.29) is 16.9 Å². The molecule has 0 spiro atoms. The summed E-state index contributed by atoms with van der Waals surface area (Å²) in [5.41, 5.74) is 3.18. The summed E-state index contributed by atoms with van der Waals surface area (Å²) in [5, 5.41) is 4.60. The van der Waals surface area contributed by atoms with Crippen LogP contribution in [-0.4, -0.2) is 37.4 Å². The number of amides is 1. The van der Waals surface area contributed by atoms with E-state index in [9.17, 15) is 14.4 Å². The van der Waals surface area contributed by atoms with Crippen molar-refractivity contribution in [3.05, 3.63) is 81.5 Å². The largest absolute Gasteiger partial charge is 0.452 e. The van der Waals surface area contributed by atoms with Crippen molar-refractivity contribution in [3.63, 3.8) is 0 Å². The second kappa shape index (κ2) is 9.78. The molecule has 1 aliphatic heterocycles. The number of thiophene rings is 1. The van der Waals surface area contributed by atoms with Crippen molar-refractivity contribution in [2.45, 2.75) is 19.8 Å². The minimum absolute atomic E-state index is 0.143. The van der Waals surface area contributed by atoms with Crippen LogP contribution in [0.2, 0.25) is 0 Å². The predicted molar refractivity (Wildman–Crippen MR) is 126 cm³/mol. The zero-order valence-electron chi connectivity index (χ0n) is 17.8. The van der Waals surface area contributed by atoms with Gasteiger partial charge in [-0.15, -0.1) is 11.3 Å². The smallest absolute Gasteiger partial charge is 0.339 e. The van der Waals surface area contributed by atoms with Crippen LogP contribution in [0.1, 0.15) is 44.0 Å². The van der Waals surface area contributed by atoms with E-state index in [1.54, 1.807) is 35.7 Å². The highest BCUT2D eigenvalue weighted by atomic mass is 32.1. The Morgan fingerprint density at radius 2 is 1.75 bits per heavy atom. The molecule has 32 heavy (non-hydrogen) atoms. The van der Waals surface area contributed by atoms with Gasteiger partial charge < -0.3 is 15.0 Å². The molecule has 0 unspecified atom stereocenters. The molecule has 1 amide bonds. The Balaban J connectivity index is 1.38. The van der Waals surface area contributed by atoms with Gasteiger partial charge >= 0.3 is 5.97 Å². The van der Waals surface area contributed by atoms with E-state index >= 15 is 0 Å². The lowest BCUT2D eigenvalue weighted by molar-refractivity contribution is -0.119. The Bertz CT molecular complexity index is 1130. The van der Waals surface area contributed by atoms with Crippen LogP contribution in [0.4, 0.5) is 11.4 Å². The van der Waals surface area contributed by atoms with E-state index in [0.717, 1.165) is 24.3 Å². The van der Waals surface area contributed by atoms with Crippen LogP contribution in [0, 0.1) is 6.92 Å². The number of rotatable bonds is 7. The van der Waals surface area contributed by atoms with Gasteiger partial charge in [-0.2, -0.15) is 0 Å². The fourth-order valence-corrected chi connectivity index (χ4v) is 4.43. The topological polar surface area (TPSA) is 75.7 Å². The number of carbonyl (C=O) groups excluding carboxylic acids is 3. The zero-order chi connectivity index (χ0) is 22.5. The number of carbonyl (C=O) groups is 3. The molecule has 4 rings (SSSR count). The molecule has 6 nitrogen and oxygen atoms in total. The molecular formula is C25H24N2O4S. The fraction of sp³-hybridized carbons (Fsp3) is 0.240. The van der Waals surface area contributed by atoms with E-state index in [1.165, 1.54) is 30.2 Å². The molecule has 0 bridgehead atoms. The SMILES string of the molecule is Cc1cc(N2CCCC2)ccc1NC(=O)COC(=O)c1ccccc1C(=O)c1cccs1. The molecule has 2 aromatic carbocycles. The molecule has 0 saturated carbocycles. The standard InChI is InChI=1S/C25H24N2O4S/c1-17-15-18(27-12-4-5-13-27)10-11-21(17)26-23(28)16-31-25(30)20-8-3-2-7-19(20)24(29)22-9-6-14-32-22/h2-3,6-11,14-15H,4-5,12-13,16H2,1H3,(H,26,28). The first-order chi connectivity index (χ1) is 15.5. The lowest BCUT2D eigenvalue weighted by atomic mass is 10.0. The first kappa shape index (κ1) is 21.8. The van der Waals surface area contributed by atoms with Gasteiger partial charge in [0.1, 0.15) is 0 Å². The van der Waals surface area contributed by atoms with Crippen molar-refractivity contribution in [1.29, 1.82) is 0 Å². The van der Waals surface area contributed by atoms with Gasteiger partial charge in [0.05, 0.1) is 10.4 Å². The number of ether oxygens (including phenoxy) is 1. The minimum atomic E-state index is -0.707. The summed E-state index contributed by atoms with van der Waals surface area (Å²) in [6.45, 7) is 3.61. The molecule has 2 heterocycles. The van der Waals surface area contributed by atoms with Crippen LogP contribution in [0.5, 0.6) is 0 Å². The molecule has 3 aromatic rings. The fourth-order valence-electron chi connectivity index (χ4n) is 3.75. The number of hydrogen-bond donors (Lipinski definition) is 1. The second-order valence-electron chi connectivity index (χ2n) is 7.67. The molecule has 1 aromatic heterocycles. The third-order valence-electron chi connectivity index (χ3n) is 5.43. The van der Waals surface area contributed by atoms with Crippen molar-refractivity contribution < 1.29 is 19.1 Å². The Morgan fingerprint density at radius 1 is 1.00 bits per heavy atom. The molecule has 1 N–H and O–H groups in total. The number of anilines is 2. The number of nitrogens with zero attached hydrogens (tertiary/aromatic N) is 1. The summed E-state index contributed by atoms with van der Waals surface area (Å²) in [6, 6.07) is 15.9. The first-order valence-corrected chi connectivity index (χ1v) is 11.4. The van der Waals surface area contributed by atoms with Crippen molar-refractivity contribution >= 4 is 40.4 Å². The number of hydrogen-bond acceptors (Lipinski definition) is 6. The van der Waals surface area contributed by atoms with E-state index in [0.29, 0.717) is 10.6 Å². The van der Waals surface area contributed by atoms with E-state index in [1.807, 2.05) is 19.1 Å². The summed E-state index contributed by atoms with van der Waals surface area (Å²) in [5.74, 6) is -1.38. The summed E-state index contributed by atoms with van der Waals surface area (Å²) >= 11 is 1.31. The van der Waals surface area contributed by atoms with Crippen LogP contribution in [0.25, 0.3) is 0 Å². The maximum absolute atomic E-state index is 12.7. The summed E-state index contributed by atoms with van der Waals surface area (Å²) in [7, 11) is 0. The first-order valence-electron chi connectivity index (χ1n) is 10.5. The zero-order valence-corrected chi connectivity index (χ0v) is 18.6. The number of benzene rings is 2. The van der Waals surface area contributed by atoms with E-state index in [2.05, 4.69) is 16.3 Å². The maximum atomic E-state index is 12.7. The average Bonchev–Trinajstić information content (AvgIpc) is 3.53. The molecule has 7 heteroatoms. The number of ketones is 1. The lowest BCUT2D eigenvalue weighted by Gasteiger charge is -2.19. The number of aryl methyl sites for hydroxylation is 1. The Labute approximate surface area is 190 Å². The van der Waals surface area contributed by atoms with Crippen LogP contribution >= 0.6 is 11.3 Å². The average molecular weight is 449 g/mol. The highest BCUT2D eigenvalue weighted by Crippen LogP contribution is 2.25. The van der Waals surface area contributed by atoms with Crippen molar-refractivity contribution in [3.8, 4) is 0 Å². The van der Waals surface area contributed by atoms with Gasteiger partial charge in [0, 0.05) is 30.0 Å². The van der Waals surface area contributed by atoms with Gasteiger partial charge in [-0.25, -0.2) is 4.79 Å². The minimum Gasteiger partial charge on any atom is -0.452 e. The lowest BCUT2D eigenvalue weighted by Crippen LogP contribution is -2.22. The van der Waals surface area contributed by atoms with Gasteiger partial charge in [0.2, 0.25) is 5.78 Å². The molecule has 1 aliphatic rings. The van der Waals surface area contributed by atoms with Crippen LogP contribution in [0.15, 0.2) is 60.0 Å². The third kappa shape index (κ3) is 4.89. The maximum Gasteiger partial charge on any atom is 0.339 e.